The van der Waals surface area contributed by atoms with Crippen molar-refractivity contribution >= 4 is 39.1 Å². The molecule has 1 aliphatic heterocycles. The molecule has 0 fully saturated rings. The standard InChI is InChI=1S/C12H11BrCl2N4/c13-12-17-16-11-7-18(3-4-19(11)12)6-8-1-2-9(14)5-10(8)15/h1-2,5H,3-4,6-7H2. The Morgan fingerprint density at radius 1 is 1.21 bits per heavy atom. The van der Waals surface area contributed by atoms with Crippen molar-refractivity contribution < 1.29 is 0 Å². The van der Waals surface area contributed by atoms with Crippen molar-refractivity contribution in [2.75, 3.05) is 6.54 Å². The van der Waals surface area contributed by atoms with Crippen LogP contribution in [0.1, 0.15) is 11.4 Å². The average molecular weight is 362 g/mol. The van der Waals surface area contributed by atoms with E-state index in [9.17, 15) is 0 Å². The fourth-order valence-electron chi connectivity index (χ4n) is 2.20. The summed E-state index contributed by atoms with van der Waals surface area (Å²) in [4.78, 5) is 2.30. The summed E-state index contributed by atoms with van der Waals surface area (Å²) in [7, 11) is 0. The van der Waals surface area contributed by atoms with E-state index < -0.39 is 0 Å². The van der Waals surface area contributed by atoms with Crippen LogP contribution in [0.3, 0.4) is 0 Å². The number of hydrogen-bond donors (Lipinski definition) is 0. The fraction of sp³-hybridized carbons (Fsp3) is 0.333. The Hall–Kier alpha value is -0.620. The first kappa shape index (κ1) is 13.4. The van der Waals surface area contributed by atoms with Gasteiger partial charge in [-0.05, 0) is 33.6 Å². The molecule has 3 rings (SSSR count). The van der Waals surface area contributed by atoms with Gasteiger partial charge in [0, 0.05) is 29.7 Å². The largest absolute Gasteiger partial charge is 0.303 e. The van der Waals surface area contributed by atoms with Gasteiger partial charge < -0.3 is 4.57 Å². The third-order valence-corrected chi connectivity index (χ3v) is 4.37. The molecule has 1 aliphatic rings. The molecular formula is C12H11BrCl2N4. The Balaban J connectivity index is 1.75. The summed E-state index contributed by atoms with van der Waals surface area (Å²) in [6.07, 6.45) is 0. The summed E-state index contributed by atoms with van der Waals surface area (Å²) in [5, 5.41) is 9.56. The van der Waals surface area contributed by atoms with Gasteiger partial charge >= 0.3 is 0 Å². The predicted octanol–water partition coefficient (Wildman–Crippen LogP) is 3.36. The van der Waals surface area contributed by atoms with Gasteiger partial charge in [-0.2, -0.15) is 0 Å². The first-order valence-electron chi connectivity index (χ1n) is 5.87. The van der Waals surface area contributed by atoms with E-state index in [0.29, 0.717) is 10.0 Å². The molecule has 0 bridgehead atoms. The van der Waals surface area contributed by atoms with Crippen LogP contribution in [0.25, 0.3) is 0 Å². The van der Waals surface area contributed by atoms with Gasteiger partial charge in [0.2, 0.25) is 0 Å². The maximum absolute atomic E-state index is 6.20. The number of fused-ring (bicyclic) bond motifs is 1. The third kappa shape index (κ3) is 2.79. The topological polar surface area (TPSA) is 34.0 Å². The van der Waals surface area contributed by atoms with E-state index in [1.54, 1.807) is 6.07 Å². The second-order valence-corrected chi connectivity index (χ2v) is 6.04. The van der Waals surface area contributed by atoms with Crippen LogP contribution in [0.4, 0.5) is 0 Å². The van der Waals surface area contributed by atoms with E-state index in [2.05, 4.69) is 35.6 Å². The van der Waals surface area contributed by atoms with Crippen molar-refractivity contribution in [3.05, 3.63) is 44.4 Å². The summed E-state index contributed by atoms with van der Waals surface area (Å²) in [6, 6.07) is 5.62. The summed E-state index contributed by atoms with van der Waals surface area (Å²) < 4.78 is 2.88. The van der Waals surface area contributed by atoms with Crippen molar-refractivity contribution in [1.82, 2.24) is 19.7 Å². The van der Waals surface area contributed by atoms with Crippen molar-refractivity contribution in [2.24, 2.45) is 0 Å². The highest BCUT2D eigenvalue weighted by molar-refractivity contribution is 9.10. The highest BCUT2D eigenvalue weighted by Gasteiger charge is 2.20. The Kier molecular flexibility index (Phi) is 3.80. The van der Waals surface area contributed by atoms with E-state index in [1.807, 2.05) is 12.1 Å². The zero-order valence-electron chi connectivity index (χ0n) is 9.98. The van der Waals surface area contributed by atoms with Crippen LogP contribution in [0.2, 0.25) is 10.0 Å². The second kappa shape index (κ2) is 5.40. The van der Waals surface area contributed by atoms with E-state index in [-0.39, 0.29) is 0 Å². The lowest BCUT2D eigenvalue weighted by molar-refractivity contribution is 0.208. The SMILES string of the molecule is Clc1ccc(CN2CCn3c(Br)nnc3C2)c(Cl)c1. The Morgan fingerprint density at radius 3 is 2.84 bits per heavy atom. The minimum Gasteiger partial charge on any atom is -0.303 e. The van der Waals surface area contributed by atoms with Gasteiger partial charge in [0.15, 0.2) is 4.73 Å². The molecule has 100 valence electrons. The number of nitrogens with zero attached hydrogens (tertiary/aromatic N) is 4. The minimum absolute atomic E-state index is 0.663. The smallest absolute Gasteiger partial charge is 0.200 e. The highest BCUT2D eigenvalue weighted by atomic mass is 79.9. The molecule has 0 amide bonds. The zero-order chi connectivity index (χ0) is 13.4. The van der Waals surface area contributed by atoms with Gasteiger partial charge in [-0.15, -0.1) is 10.2 Å². The molecule has 0 aliphatic carbocycles. The fourth-order valence-corrected chi connectivity index (χ4v) is 3.13. The monoisotopic (exact) mass is 360 g/mol. The predicted molar refractivity (Wildman–Crippen MR) is 78.3 cm³/mol. The van der Waals surface area contributed by atoms with Crippen molar-refractivity contribution in [3.8, 4) is 0 Å². The lowest BCUT2D eigenvalue weighted by atomic mass is 10.2. The quantitative estimate of drug-likeness (QED) is 0.822. The lowest BCUT2D eigenvalue weighted by Gasteiger charge is -2.27. The molecule has 7 heteroatoms. The average Bonchev–Trinajstić information content (AvgIpc) is 2.74. The Bertz CT molecular complexity index is 614. The van der Waals surface area contributed by atoms with Crippen LogP contribution >= 0.6 is 39.1 Å². The van der Waals surface area contributed by atoms with E-state index in [0.717, 1.165) is 42.3 Å². The molecule has 0 N–H and O–H groups in total. The lowest BCUT2D eigenvalue weighted by Crippen LogP contribution is -2.33. The minimum atomic E-state index is 0.663. The zero-order valence-corrected chi connectivity index (χ0v) is 13.1. The van der Waals surface area contributed by atoms with Crippen LogP contribution < -0.4 is 0 Å². The molecule has 1 aromatic carbocycles. The van der Waals surface area contributed by atoms with E-state index >= 15 is 0 Å². The summed E-state index contributed by atoms with van der Waals surface area (Å²) >= 11 is 15.5. The normalized spacial score (nSPS) is 15.5. The summed E-state index contributed by atoms with van der Waals surface area (Å²) in [6.45, 7) is 3.40. The van der Waals surface area contributed by atoms with Gasteiger partial charge in [0.1, 0.15) is 5.82 Å². The highest BCUT2D eigenvalue weighted by Crippen LogP contribution is 2.24. The summed E-state index contributed by atoms with van der Waals surface area (Å²) in [5.41, 5.74) is 1.08. The van der Waals surface area contributed by atoms with Crippen LogP contribution in [-0.4, -0.2) is 26.2 Å². The van der Waals surface area contributed by atoms with Crippen LogP contribution in [0.15, 0.2) is 22.9 Å². The number of aromatic nitrogens is 3. The third-order valence-electron chi connectivity index (χ3n) is 3.20. The molecule has 2 heterocycles. The molecule has 19 heavy (non-hydrogen) atoms. The molecule has 0 spiro atoms. The molecular weight excluding hydrogens is 351 g/mol. The van der Waals surface area contributed by atoms with Crippen LogP contribution in [0, 0.1) is 0 Å². The molecule has 2 aromatic rings. The van der Waals surface area contributed by atoms with Crippen LogP contribution in [-0.2, 0) is 19.6 Å². The molecule has 0 saturated carbocycles. The van der Waals surface area contributed by atoms with Gasteiger partial charge in [-0.1, -0.05) is 29.3 Å². The molecule has 4 nitrogen and oxygen atoms in total. The van der Waals surface area contributed by atoms with Gasteiger partial charge in [-0.3, -0.25) is 4.90 Å². The molecule has 0 unspecified atom stereocenters. The van der Waals surface area contributed by atoms with E-state index in [4.69, 9.17) is 23.2 Å². The maximum atomic E-state index is 6.20. The van der Waals surface area contributed by atoms with Gasteiger partial charge in [0.05, 0.1) is 6.54 Å². The molecule has 1 aromatic heterocycles. The maximum Gasteiger partial charge on any atom is 0.200 e. The van der Waals surface area contributed by atoms with Crippen molar-refractivity contribution in [2.45, 2.75) is 19.6 Å². The first-order valence-corrected chi connectivity index (χ1v) is 7.42. The van der Waals surface area contributed by atoms with Crippen molar-refractivity contribution in [1.29, 1.82) is 0 Å². The number of rotatable bonds is 2. The van der Waals surface area contributed by atoms with E-state index in [1.165, 1.54) is 0 Å². The molecule has 0 radical (unpaired) electrons. The Morgan fingerprint density at radius 2 is 2.05 bits per heavy atom. The number of halogens is 3. The molecule has 0 atom stereocenters. The first-order chi connectivity index (χ1) is 9.13. The number of benzene rings is 1. The van der Waals surface area contributed by atoms with Crippen molar-refractivity contribution in [3.63, 3.8) is 0 Å². The Labute approximate surface area is 129 Å². The number of hydrogen-bond acceptors (Lipinski definition) is 3. The van der Waals surface area contributed by atoms with Gasteiger partial charge in [-0.25, -0.2) is 0 Å². The molecule has 0 saturated heterocycles. The van der Waals surface area contributed by atoms with Crippen LogP contribution in [0.5, 0.6) is 0 Å². The summed E-state index contributed by atoms with van der Waals surface area (Å²) in [5.74, 6) is 0.975. The van der Waals surface area contributed by atoms with Gasteiger partial charge in [0.25, 0.3) is 0 Å². The second-order valence-electron chi connectivity index (χ2n) is 4.48.